The van der Waals surface area contributed by atoms with Crippen LogP contribution in [0, 0.1) is 0 Å². The van der Waals surface area contributed by atoms with Crippen LogP contribution in [0.1, 0.15) is 40.3 Å². The highest BCUT2D eigenvalue weighted by molar-refractivity contribution is 7.11. The lowest BCUT2D eigenvalue weighted by Crippen LogP contribution is -2.12. The second kappa shape index (κ2) is 4.61. The zero-order chi connectivity index (χ0) is 11.7. The van der Waals surface area contributed by atoms with Gasteiger partial charge in [0.05, 0.1) is 5.01 Å². The van der Waals surface area contributed by atoms with E-state index in [4.69, 9.17) is 0 Å². The van der Waals surface area contributed by atoms with Gasteiger partial charge in [-0.2, -0.15) is 0 Å². The van der Waals surface area contributed by atoms with Crippen LogP contribution in [0.3, 0.4) is 0 Å². The van der Waals surface area contributed by atoms with Crippen molar-refractivity contribution in [2.24, 2.45) is 0 Å². The van der Waals surface area contributed by atoms with Crippen molar-refractivity contribution >= 4 is 11.3 Å². The standard InChI is InChI=1S/C15H17NS/c1-2-14-10-16-15(17-14)13-8-7-11-5-3-4-6-12(11)9-13/h3-6,10,13H,2,7-9H2,1H3. The molecule has 0 fully saturated rings. The number of hydrogen-bond acceptors (Lipinski definition) is 2. The number of benzene rings is 1. The predicted molar refractivity (Wildman–Crippen MR) is 72.7 cm³/mol. The van der Waals surface area contributed by atoms with E-state index in [0.29, 0.717) is 5.92 Å². The number of hydrogen-bond donors (Lipinski definition) is 0. The predicted octanol–water partition coefficient (Wildman–Crippen LogP) is 3.98. The zero-order valence-electron chi connectivity index (χ0n) is 10.1. The van der Waals surface area contributed by atoms with Gasteiger partial charge in [-0.15, -0.1) is 11.3 Å². The fourth-order valence-electron chi connectivity index (χ4n) is 2.58. The lowest BCUT2D eigenvalue weighted by atomic mass is 9.84. The Bertz CT molecular complexity index is 515. The van der Waals surface area contributed by atoms with E-state index in [1.807, 2.05) is 11.3 Å². The Kier molecular flexibility index (Phi) is 2.98. The largest absolute Gasteiger partial charge is 0.249 e. The van der Waals surface area contributed by atoms with Gasteiger partial charge in [-0.05, 0) is 36.8 Å². The van der Waals surface area contributed by atoms with E-state index in [9.17, 15) is 0 Å². The van der Waals surface area contributed by atoms with Gasteiger partial charge in [0.1, 0.15) is 0 Å². The van der Waals surface area contributed by atoms with Gasteiger partial charge in [0.15, 0.2) is 0 Å². The van der Waals surface area contributed by atoms with E-state index >= 15 is 0 Å². The van der Waals surface area contributed by atoms with Crippen molar-refractivity contribution in [2.45, 2.75) is 38.5 Å². The Balaban J connectivity index is 1.84. The summed E-state index contributed by atoms with van der Waals surface area (Å²) in [7, 11) is 0. The Labute approximate surface area is 107 Å². The highest BCUT2D eigenvalue weighted by Gasteiger charge is 2.21. The van der Waals surface area contributed by atoms with Crippen LogP contribution in [0.15, 0.2) is 30.5 Å². The van der Waals surface area contributed by atoms with E-state index in [2.05, 4.69) is 42.4 Å². The number of rotatable bonds is 2. The first-order valence-corrected chi connectivity index (χ1v) is 7.20. The van der Waals surface area contributed by atoms with Gasteiger partial charge in [0.25, 0.3) is 0 Å². The highest BCUT2D eigenvalue weighted by atomic mass is 32.1. The monoisotopic (exact) mass is 243 g/mol. The second-order valence-corrected chi connectivity index (χ2v) is 5.87. The summed E-state index contributed by atoms with van der Waals surface area (Å²) < 4.78 is 0. The van der Waals surface area contributed by atoms with Crippen LogP contribution in [0.2, 0.25) is 0 Å². The van der Waals surface area contributed by atoms with Crippen molar-refractivity contribution in [3.05, 3.63) is 51.5 Å². The van der Waals surface area contributed by atoms with Crippen LogP contribution in [0.5, 0.6) is 0 Å². The first-order chi connectivity index (χ1) is 8.36. The molecule has 2 aromatic rings. The smallest absolute Gasteiger partial charge is 0.0962 e. The molecule has 0 aliphatic heterocycles. The van der Waals surface area contributed by atoms with Crippen molar-refractivity contribution in [1.29, 1.82) is 0 Å². The molecule has 3 rings (SSSR count). The molecular formula is C15H17NS. The molecule has 1 heterocycles. The number of nitrogens with zero attached hydrogens (tertiary/aromatic N) is 1. The van der Waals surface area contributed by atoms with Gasteiger partial charge < -0.3 is 0 Å². The van der Waals surface area contributed by atoms with Gasteiger partial charge in [0.2, 0.25) is 0 Å². The molecule has 0 spiro atoms. The summed E-state index contributed by atoms with van der Waals surface area (Å²) in [5, 5.41) is 1.34. The Hall–Kier alpha value is -1.15. The van der Waals surface area contributed by atoms with E-state index in [0.717, 1.165) is 6.42 Å². The van der Waals surface area contributed by atoms with Crippen molar-refractivity contribution < 1.29 is 0 Å². The van der Waals surface area contributed by atoms with Gasteiger partial charge in [-0.3, -0.25) is 0 Å². The molecule has 0 bridgehead atoms. The Morgan fingerprint density at radius 1 is 1.29 bits per heavy atom. The molecule has 0 saturated carbocycles. The summed E-state index contributed by atoms with van der Waals surface area (Å²) in [5.74, 6) is 0.648. The molecule has 17 heavy (non-hydrogen) atoms. The lowest BCUT2D eigenvalue weighted by molar-refractivity contribution is 0.582. The first kappa shape index (κ1) is 11.0. The molecule has 0 amide bonds. The van der Waals surface area contributed by atoms with E-state index in [-0.39, 0.29) is 0 Å². The van der Waals surface area contributed by atoms with E-state index in [1.54, 1.807) is 0 Å². The van der Waals surface area contributed by atoms with Crippen LogP contribution in [0.25, 0.3) is 0 Å². The first-order valence-electron chi connectivity index (χ1n) is 6.38. The minimum Gasteiger partial charge on any atom is -0.249 e. The van der Waals surface area contributed by atoms with Crippen LogP contribution >= 0.6 is 11.3 Å². The summed E-state index contributed by atoms with van der Waals surface area (Å²) >= 11 is 1.90. The van der Waals surface area contributed by atoms with Gasteiger partial charge in [-0.1, -0.05) is 31.2 Å². The van der Waals surface area contributed by atoms with Crippen LogP contribution in [-0.4, -0.2) is 4.98 Å². The number of aryl methyl sites for hydroxylation is 2. The number of fused-ring (bicyclic) bond motifs is 1. The molecule has 1 aromatic heterocycles. The van der Waals surface area contributed by atoms with E-state index in [1.165, 1.54) is 40.3 Å². The molecular weight excluding hydrogens is 226 g/mol. The van der Waals surface area contributed by atoms with Crippen molar-refractivity contribution in [2.75, 3.05) is 0 Å². The normalized spacial score (nSPS) is 19.0. The minimum absolute atomic E-state index is 0.648. The zero-order valence-corrected chi connectivity index (χ0v) is 11.0. The molecule has 0 radical (unpaired) electrons. The lowest BCUT2D eigenvalue weighted by Gasteiger charge is -2.22. The van der Waals surface area contributed by atoms with Crippen molar-refractivity contribution in [3.8, 4) is 0 Å². The number of aromatic nitrogens is 1. The quantitative estimate of drug-likeness (QED) is 0.777. The number of thiazole rings is 1. The average molecular weight is 243 g/mol. The summed E-state index contributed by atoms with van der Waals surface area (Å²) in [6, 6.07) is 8.85. The van der Waals surface area contributed by atoms with Crippen LogP contribution in [-0.2, 0) is 19.3 Å². The van der Waals surface area contributed by atoms with Crippen LogP contribution in [0.4, 0.5) is 0 Å². The summed E-state index contributed by atoms with van der Waals surface area (Å²) in [4.78, 5) is 6.02. The van der Waals surface area contributed by atoms with Gasteiger partial charge >= 0.3 is 0 Å². The Morgan fingerprint density at radius 3 is 2.88 bits per heavy atom. The molecule has 1 nitrogen and oxygen atoms in total. The maximum Gasteiger partial charge on any atom is 0.0962 e. The molecule has 1 aromatic carbocycles. The molecule has 88 valence electrons. The third-order valence-corrected chi connectivity index (χ3v) is 4.92. The Morgan fingerprint density at radius 2 is 2.12 bits per heavy atom. The van der Waals surface area contributed by atoms with Gasteiger partial charge in [-0.25, -0.2) is 4.98 Å². The molecule has 0 saturated heterocycles. The highest BCUT2D eigenvalue weighted by Crippen LogP contribution is 2.34. The third-order valence-electron chi connectivity index (χ3n) is 3.62. The van der Waals surface area contributed by atoms with Crippen molar-refractivity contribution in [3.63, 3.8) is 0 Å². The second-order valence-electron chi connectivity index (χ2n) is 4.73. The van der Waals surface area contributed by atoms with Crippen molar-refractivity contribution in [1.82, 2.24) is 4.98 Å². The molecule has 1 aliphatic carbocycles. The maximum atomic E-state index is 4.60. The molecule has 1 unspecified atom stereocenters. The van der Waals surface area contributed by atoms with Crippen LogP contribution < -0.4 is 0 Å². The molecule has 2 heteroatoms. The average Bonchev–Trinajstić information content (AvgIpc) is 2.87. The molecule has 1 aliphatic rings. The summed E-state index contributed by atoms with van der Waals surface area (Å²) in [5.41, 5.74) is 3.06. The van der Waals surface area contributed by atoms with E-state index < -0.39 is 0 Å². The summed E-state index contributed by atoms with van der Waals surface area (Å²) in [6.45, 7) is 2.20. The summed E-state index contributed by atoms with van der Waals surface area (Å²) in [6.07, 6.45) is 6.81. The minimum atomic E-state index is 0.648. The molecule has 1 atom stereocenters. The third kappa shape index (κ3) is 2.14. The topological polar surface area (TPSA) is 12.9 Å². The fraction of sp³-hybridized carbons (Fsp3) is 0.400. The maximum absolute atomic E-state index is 4.60. The molecule has 0 N–H and O–H groups in total. The fourth-order valence-corrected chi connectivity index (χ4v) is 3.58. The SMILES string of the molecule is CCc1cnc(C2CCc3ccccc3C2)s1. The van der Waals surface area contributed by atoms with Gasteiger partial charge in [0, 0.05) is 17.0 Å².